The quantitative estimate of drug-likeness (QED) is 0.704. The lowest BCUT2D eigenvalue weighted by Gasteiger charge is -2.28. The van der Waals surface area contributed by atoms with Gasteiger partial charge >= 0.3 is 5.63 Å². The molecule has 0 aliphatic carbocycles. The number of rotatable bonds is 5. The van der Waals surface area contributed by atoms with Crippen LogP contribution in [-0.2, 0) is 13.0 Å². The molecule has 1 N–H and O–H groups in total. The minimum absolute atomic E-state index is 0.0158. The van der Waals surface area contributed by atoms with Crippen LogP contribution in [0, 0.1) is 0 Å². The molecule has 1 aliphatic heterocycles. The van der Waals surface area contributed by atoms with Crippen LogP contribution in [-0.4, -0.2) is 26.3 Å². The third-order valence-corrected chi connectivity index (χ3v) is 4.94. The Bertz CT molecular complexity index is 1010. The first-order valence-electron chi connectivity index (χ1n) is 9.38. The Morgan fingerprint density at radius 1 is 1.11 bits per heavy atom. The number of likely N-dealkylation sites (N-methyl/N-ethyl adjacent to an activating group) is 1. The molecule has 2 atom stereocenters. The van der Waals surface area contributed by atoms with Gasteiger partial charge in [0.25, 0.3) is 0 Å². The van der Waals surface area contributed by atoms with Gasteiger partial charge < -0.3 is 18.8 Å². The number of quaternary nitrogens is 1. The van der Waals surface area contributed by atoms with Gasteiger partial charge in [-0.15, -0.1) is 0 Å². The van der Waals surface area contributed by atoms with E-state index in [1.807, 2.05) is 30.3 Å². The van der Waals surface area contributed by atoms with Gasteiger partial charge in [-0.1, -0.05) is 31.2 Å². The van der Waals surface area contributed by atoms with E-state index in [0.29, 0.717) is 12.2 Å². The Balaban J connectivity index is 1.50. The Morgan fingerprint density at radius 3 is 2.74 bits per heavy atom. The zero-order valence-electron chi connectivity index (χ0n) is 15.7. The summed E-state index contributed by atoms with van der Waals surface area (Å²) in [5.74, 6) is 1.59. The van der Waals surface area contributed by atoms with E-state index in [-0.39, 0.29) is 11.7 Å². The van der Waals surface area contributed by atoms with Crippen LogP contribution in [0.3, 0.4) is 0 Å². The van der Waals surface area contributed by atoms with Crippen LogP contribution >= 0.6 is 0 Å². The van der Waals surface area contributed by atoms with Crippen LogP contribution in [0.15, 0.2) is 57.7 Å². The van der Waals surface area contributed by atoms with Crippen molar-refractivity contribution in [3.8, 4) is 11.5 Å². The number of hydrogen-bond donors (Lipinski definition) is 1. The predicted octanol–water partition coefficient (Wildman–Crippen LogP) is 2.21. The maximum atomic E-state index is 12.0. The Kier molecular flexibility index (Phi) is 4.86. The van der Waals surface area contributed by atoms with Crippen LogP contribution in [0.2, 0.25) is 0 Å². The lowest BCUT2D eigenvalue weighted by molar-refractivity contribution is -0.896. The first-order valence-corrected chi connectivity index (χ1v) is 9.38. The monoisotopic (exact) mass is 366 g/mol. The first-order chi connectivity index (χ1) is 13.1. The largest absolute Gasteiger partial charge is 0.486 e. The van der Waals surface area contributed by atoms with Gasteiger partial charge in [-0.2, -0.15) is 0 Å². The summed E-state index contributed by atoms with van der Waals surface area (Å²) in [6.45, 7) is 4.12. The van der Waals surface area contributed by atoms with E-state index < -0.39 is 0 Å². The maximum Gasteiger partial charge on any atom is 0.336 e. The third kappa shape index (κ3) is 3.83. The summed E-state index contributed by atoms with van der Waals surface area (Å²) in [5.41, 5.74) is 2.52. The van der Waals surface area contributed by atoms with Crippen molar-refractivity contribution < 1.29 is 18.8 Å². The maximum absolute atomic E-state index is 12.0. The molecule has 0 bridgehead atoms. The van der Waals surface area contributed by atoms with Gasteiger partial charge in [0.2, 0.25) is 0 Å². The molecule has 1 unspecified atom stereocenters. The van der Waals surface area contributed by atoms with E-state index in [4.69, 9.17) is 13.9 Å². The smallest absolute Gasteiger partial charge is 0.336 e. The summed E-state index contributed by atoms with van der Waals surface area (Å²) in [4.78, 5) is 13.2. The zero-order chi connectivity index (χ0) is 18.8. The van der Waals surface area contributed by atoms with E-state index in [0.717, 1.165) is 47.5 Å². The number of benzene rings is 2. The summed E-state index contributed by atoms with van der Waals surface area (Å²) in [7, 11) is 2.10. The number of para-hydroxylation sites is 2. The summed E-state index contributed by atoms with van der Waals surface area (Å²) in [6.07, 6.45) is 0.896. The molecule has 0 fully saturated rings. The van der Waals surface area contributed by atoms with Gasteiger partial charge in [0.05, 0.1) is 7.05 Å². The second kappa shape index (κ2) is 7.45. The molecule has 5 heteroatoms. The van der Waals surface area contributed by atoms with Gasteiger partial charge in [0.1, 0.15) is 25.3 Å². The molecule has 0 amide bonds. The highest BCUT2D eigenvalue weighted by atomic mass is 16.6. The molecule has 2 aromatic carbocycles. The Labute approximate surface area is 158 Å². The molecule has 0 spiro atoms. The van der Waals surface area contributed by atoms with Gasteiger partial charge in [-0.3, -0.25) is 0 Å². The first kappa shape index (κ1) is 17.6. The second-order valence-electron chi connectivity index (χ2n) is 7.11. The lowest BCUT2D eigenvalue weighted by Crippen LogP contribution is -3.09. The summed E-state index contributed by atoms with van der Waals surface area (Å²) in [6, 6.07) is 15.4. The number of ether oxygens (including phenoxy) is 2. The van der Waals surface area contributed by atoms with Crippen molar-refractivity contribution in [3.05, 3.63) is 70.1 Å². The van der Waals surface area contributed by atoms with Crippen LogP contribution < -0.4 is 20.0 Å². The van der Waals surface area contributed by atoms with Gasteiger partial charge in [0, 0.05) is 17.0 Å². The molecule has 2 heterocycles. The van der Waals surface area contributed by atoms with Gasteiger partial charge in [0.15, 0.2) is 17.6 Å². The molecular formula is C22H24NO4+. The van der Waals surface area contributed by atoms with Gasteiger partial charge in [-0.05, 0) is 30.2 Å². The molecule has 1 aliphatic rings. The molecule has 27 heavy (non-hydrogen) atoms. The molecule has 0 saturated heterocycles. The Morgan fingerprint density at radius 2 is 1.93 bits per heavy atom. The fourth-order valence-corrected chi connectivity index (χ4v) is 3.59. The third-order valence-electron chi connectivity index (χ3n) is 4.94. The molecule has 4 rings (SSSR count). The standard InChI is InChI=1S/C22H23NO4/c1-3-15-8-9-18-16(11-22(24)27-21(18)10-15)12-23(2)13-17-14-25-19-6-4-5-7-20(19)26-17/h4-11,17H,3,12-14H2,1-2H3/p+1/t17-/m0/s1. The van der Waals surface area contributed by atoms with Gasteiger partial charge in [-0.25, -0.2) is 4.79 Å². The molecule has 0 radical (unpaired) electrons. The zero-order valence-corrected chi connectivity index (χ0v) is 15.7. The predicted molar refractivity (Wildman–Crippen MR) is 104 cm³/mol. The fraction of sp³-hybridized carbons (Fsp3) is 0.318. The highest BCUT2D eigenvalue weighted by Gasteiger charge is 2.24. The van der Waals surface area contributed by atoms with E-state index in [9.17, 15) is 4.79 Å². The fourth-order valence-electron chi connectivity index (χ4n) is 3.59. The SMILES string of the molecule is CCc1ccc2c(C[NH+](C)C[C@H]3COc4ccccc4O3)cc(=O)oc2c1. The number of hydrogen-bond acceptors (Lipinski definition) is 4. The Hall–Kier alpha value is -2.79. The summed E-state index contributed by atoms with van der Waals surface area (Å²) >= 11 is 0. The summed E-state index contributed by atoms with van der Waals surface area (Å²) in [5, 5.41) is 0.998. The van der Waals surface area contributed by atoms with Crippen molar-refractivity contribution in [2.45, 2.75) is 26.0 Å². The highest BCUT2D eigenvalue weighted by Crippen LogP contribution is 2.30. The average Bonchev–Trinajstić information content (AvgIpc) is 2.67. The molecule has 140 valence electrons. The molecule has 0 saturated carbocycles. The van der Waals surface area contributed by atoms with Crippen molar-refractivity contribution in [2.24, 2.45) is 0 Å². The molecular weight excluding hydrogens is 342 g/mol. The van der Waals surface area contributed by atoms with Crippen LogP contribution in [0.4, 0.5) is 0 Å². The van der Waals surface area contributed by atoms with Crippen molar-refractivity contribution in [1.29, 1.82) is 0 Å². The molecule has 5 nitrogen and oxygen atoms in total. The van der Waals surface area contributed by atoms with E-state index >= 15 is 0 Å². The van der Waals surface area contributed by atoms with Crippen LogP contribution in [0.25, 0.3) is 11.0 Å². The average molecular weight is 366 g/mol. The van der Waals surface area contributed by atoms with E-state index in [1.54, 1.807) is 6.07 Å². The number of fused-ring (bicyclic) bond motifs is 2. The summed E-state index contributed by atoms with van der Waals surface area (Å²) < 4.78 is 17.3. The van der Waals surface area contributed by atoms with Crippen molar-refractivity contribution in [2.75, 3.05) is 20.2 Å². The lowest BCUT2D eigenvalue weighted by atomic mass is 10.1. The minimum Gasteiger partial charge on any atom is -0.486 e. The van der Waals surface area contributed by atoms with Crippen LogP contribution in [0.1, 0.15) is 18.1 Å². The van der Waals surface area contributed by atoms with Crippen LogP contribution in [0.5, 0.6) is 11.5 Å². The molecule has 3 aromatic rings. The van der Waals surface area contributed by atoms with E-state index in [1.165, 1.54) is 4.90 Å². The van der Waals surface area contributed by atoms with Crippen molar-refractivity contribution in [3.63, 3.8) is 0 Å². The highest BCUT2D eigenvalue weighted by molar-refractivity contribution is 5.80. The number of aryl methyl sites for hydroxylation is 1. The van der Waals surface area contributed by atoms with Crippen molar-refractivity contribution in [1.82, 2.24) is 0 Å². The van der Waals surface area contributed by atoms with E-state index in [2.05, 4.69) is 26.1 Å². The second-order valence-corrected chi connectivity index (χ2v) is 7.11. The minimum atomic E-state index is -0.301. The molecule has 1 aromatic heterocycles. The normalized spacial score (nSPS) is 17.0. The van der Waals surface area contributed by atoms with Crippen molar-refractivity contribution >= 4 is 11.0 Å². The number of nitrogens with one attached hydrogen (secondary N) is 1. The topological polar surface area (TPSA) is 53.1 Å².